The van der Waals surface area contributed by atoms with Gasteiger partial charge in [-0.15, -0.1) is 0 Å². The predicted octanol–water partition coefficient (Wildman–Crippen LogP) is 2.32. The predicted molar refractivity (Wildman–Crippen MR) is 131 cm³/mol. The molecule has 0 aliphatic carbocycles. The van der Waals surface area contributed by atoms with Crippen molar-refractivity contribution in [2.45, 2.75) is 38.3 Å². The highest BCUT2D eigenvalue weighted by atomic mass is 19.1. The molecular formula is C26H32FN3O6. The molecule has 1 saturated heterocycles. The Morgan fingerprint density at radius 2 is 1.58 bits per heavy atom. The number of rotatable bonds is 9. The number of halogens is 1. The number of carbonyl (C=O) groups excluding carboxylic acids is 3. The molecule has 1 heterocycles. The number of ether oxygens (including phenoxy) is 3. The number of likely N-dealkylation sites (tertiary alicyclic amines) is 1. The van der Waals surface area contributed by atoms with E-state index in [-0.39, 0.29) is 36.0 Å². The standard InChI is InChI=1S/C26H32FN3O6/c1-16(31)28-21(13-17-5-7-19(27)8-6-17)25(32)29-20-9-11-30(12-10-20)26(33)18-14-22(34-2)24(36-4)23(15-18)35-3/h5-8,14-15,20-21H,9-13H2,1-4H3,(H,28,31)(H,29,32). The average Bonchev–Trinajstić information content (AvgIpc) is 2.88. The minimum Gasteiger partial charge on any atom is -0.493 e. The molecule has 1 aliphatic rings. The van der Waals surface area contributed by atoms with Crippen LogP contribution in [0.3, 0.4) is 0 Å². The molecular weight excluding hydrogens is 469 g/mol. The molecule has 0 radical (unpaired) electrons. The molecule has 0 spiro atoms. The third-order valence-corrected chi connectivity index (χ3v) is 6.09. The van der Waals surface area contributed by atoms with E-state index in [2.05, 4.69) is 10.6 Å². The Balaban J connectivity index is 1.61. The van der Waals surface area contributed by atoms with Crippen molar-refractivity contribution in [3.8, 4) is 17.2 Å². The summed E-state index contributed by atoms with van der Waals surface area (Å²) >= 11 is 0. The molecule has 3 amide bonds. The van der Waals surface area contributed by atoms with E-state index in [1.807, 2.05) is 0 Å². The Morgan fingerprint density at radius 3 is 2.08 bits per heavy atom. The zero-order chi connectivity index (χ0) is 26.2. The van der Waals surface area contributed by atoms with Gasteiger partial charge in [0.25, 0.3) is 5.91 Å². The lowest BCUT2D eigenvalue weighted by molar-refractivity contribution is -0.128. The van der Waals surface area contributed by atoms with Crippen LogP contribution in [0.25, 0.3) is 0 Å². The van der Waals surface area contributed by atoms with Gasteiger partial charge in [-0.05, 0) is 42.7 Å². The summed E-state index contributed by atoms with van der Waals surface area (Å²) < 4.78 is 29.2. The van der Waals surface area contributed by atoms with E-state index in [0.29, 0.717) is 48.7 Å². The van der Waals surface area contributed by atoms with Gasteiger partial charge in [-0.3, -0.25) is 14.4 Å². The Labute approximate surface area is 209 Å². The first-order chi connectivity index (χ1) is 17.2. The molecule has 9 nitrogen and oxygen atoms in total. The van der Waals surface area contributed by atoms with Crippen molar-refractivity contribution in [3.05, 3.63) is 53.3 Å². The molecule has 2 N–H and O–H groups in total. The van der Waals surface area contributed by atoms with Crippen LogP contribution in [0.15, 0.2) is 36.4 Å². The first-order valence-electron chi connectivity index (χ1n) is 11.7. The molecule has 1 aliphatic heterocycles. The molecule has 194 valence electrons. The van der Waals surface area contributed by atoms with Gasteiger partial charge in [0.1, 0.15) is 11.9 Å². The zero-order valence-electron chi connectivity index (χ0n) is 20.9. The Bertz CT molecular complexity index is 1060. The van der Waals surface area contributed by atoms with Gasteiger partial charge in [-0.25, -0.2) is 4.39 Å². The van der Waals surface area contributed by atoms with Crippen LogP contribution in [0, 0.1) is 5.82 Å². The molecule has 0 saturated carbocycles. The summed E-state index contributed by atoms with van der Waals surface area (Å²) in [5, 5.41) is 5.65. The van der Waals surface area contributed by atoms with Gasteiger partial charge in [-0.1, -0.05) is 12.1 Å². The normalized spacial score (nSPS) is 14.5. The summed E-state index contributed by atoms with van der Waals surface area (Å²) in [4.78, 5) is 39.4. The fraction of sp³-hybridized carbons (Fsp3) is 0.423. The van der Waals surface area contributed by atoms with E-state index >= 15 is 0 Å². The van der Waals surface area contributed by atoms with Crippen LogP contribution in [0.1, 0.15) is 35.7 Å². The van der Waals surface area contributed by atoms with E-state index in [4.69, 9.17) is 14.2 Å². The van der Waals surface area contributed by atoms with Crippen LogP contribution in [-0.4, -0.2) is 69.1 Å². The topological polar surface area (TPSA) is 106 Å². The van der Waals surface area contributed by atoms with Gasteiger partial charge in [0.05, 0.1) is 21.3 Å². The quantitative estimate of drug-likeness (QED) is 0.546. The smallest absolute Gasteiger partial charge is 0.254 e. The molecule has 3 rings (SSSR count). The van der Waals surface area contributed by atoms with Gasteiger partial charge in [-0.2, -0.15) is 0 Å². The number of hydrogen-bond donors (Lipinski definition) is 2. The van der Waals surface area contributed by atoms with E-state index in [9.17, 15) is 18.8 Å². The summed E-state index contributed by atoms with van der Waals surface area (Å²) in [6.07, 6.45) is 1.36. The Morgan fingerprint density at radius 1 is 1.00 bits per heavy atom. The van der Waals surface area contributed by atoms with E-state index in [0.717, 1.165) is 5.56 Å². The number of nitrogens with one attached hydrogen (secondary N) is 2. The fourth-order valence-electron chi connectivity index (χ4n) is 4.23. The second kappa shape index (κ2) is 12.2. The van der Waals surface area contributed by atoms with Gasteiger partial charge in [0, 0.05) is 38.0 Å². The lowest BCUT2D eigenvalue weighted by atomic mass is 10.0. The van der Waals surface area contributed by atoms with Gasteiger partial charge in [0.15, 0.2) is 11.5 Å². The van der Waals surface area contributed by atoms with Crippen molar-refractivity contribution in [2.24, 2.45) is 0 Å². The van der Waals surface area contributed by atoms with Crippen molar-refractivity contribution >= 4 is 17.7 Å². The van der Waals surface area contributed by atoms with Gasteiger partial charge in [0.2, 0.25) is 17.6 Å². The van der Waals surface area contributed by atoms with E-state index in [1.54, 1.807) is 29.2 Å². The van der Waals surface area contributed by atoms with Crippen molar-refractivity contribution in [3.63, 3.8) is 0 Å². The Kier molecular flexibility index (Phi) is 9.10. The lowest BCUT2D eigenvalue weighted by Gasteiger charge is -2.33. The molecule has 2 aromatic carbocycles. The summed E-state index contributed by atoms with van der Waals surface area (Å²) in [5.74, 6) is 0.0119. The van der Waals surface area contributed by atoms with Crippen LogP contribution >= 0.6 is 0 Å². The van der Waals surface area contributed by atoms with Crippen molar-refractivity contribution < 1.29 is 33.0 Å². The first kappa shape index (κ1) is 26.8. The second-order valence-corrected chi connectivity index (χ2v) is 8.57. The molecule has 1 unspecified atom stereocenters. The number of nitrogens with zero attached hydrogens (tertiary/aromatic N) is 1. The minimum absolute atomic E-state index is 0.147. The average molecular weight is 502 g/mol. The molecule has 0 bridgehead atoms. The van der Waals surface area contributed by atoms with Gasteiger partial charge < -0.3 is 29.7 Å². The second-order valence-electron chi connectivity index (χ2n) is 8.57. The fourth-order valence-corrected chi connectivity index (χ4v) is 4.23. The van der Waals surface area contributed by atoms with Crippen molar-refractivity contribution in [2.75, 3.05) is 34.4 Å². The van der Waals surface area contributed by atoms with Crippen LogP contribution in [0.5, 0.6) is 17.2 Å². The van der Waals surface area contributed by atoms with E-state index in [1.165, 1.54) is 40.4 Å². The van der Waals surface area contributed by atoms with Crippen LogP contribution < -0.4 is 24.8 Å². The maximum absolute atomic E-state index is 13.2. The maximum Gasteiger partial charge on any atom is 0.254 e. The molecule has 1 atom stereocenters. The Hall–Kier alpha value is -3.82. The first-order valence-corrected chi connectivity index (χ1v) is 11.7. The number of methoxy groups -OCH3 is 3. The highest BCUT2D eigenvalue weighted by molar-refractivity contribution is 5.95. The monoisotopic (exact) mass is 501 g/mol. The van der Waals surface area contributed by atoms with Crippen molar-refractivity contribution in [1.29, 1.82) is 0 Å². The SMILES string of the molecule is COc1cc(C(=O)N2CCC(NC(=O)C(Cc3ccc(F)cc3)NC(C)=O)CC2)cc(OC)c1OC. The van der Waals surface area contributed by atoms with Crippen molar-refractivity contribution in [1.82, 2.24) is 15.5 Å². The highest BCUT2D eigenvalue weighted by Crippen LogP contribution is 2.38. The summed E-state index contributed by atoms with van der Waals surface area (Å²) in [6.45, 7) is 2.24. The molecule has 10 heteroatoms. The van der Waals surface area contributed by atoms with Crippen LogP contribution in [0.4, 0.5) is 4.39 Å². The minimum atomic E-state index is -0.785. The summed E-state index contributed by atoms with van der Waals surface area (Å²) in [7, 11) is 4.48. The molecule has 1 fully saturated rings. The number of amides is 3. The molecule has 0 aromatic heterocycles. The maximum atomic E-state index is 13.2. The summed E-state index contributed by atoms with van der Waals surface area (Å²) in [5.41, 5.74) is 1.15. The largest absolute Gasteiger partial charge is 0.493 e. The zero-order valence-corrected chi connectivity index (χ0v) is 20.9. The third-order valence-electron chi connectivity index (χ3n) is 6.09. The van der Waals surface area contributed by atoms with E-state index < -0.39 is 6.04 Å². The van der Waals surface area contributed by atoms with Gasteiger partial charge >= 0.3 is 0 Å². The number of hydrogen-bond acceptors (Lipinski definition) is 6. The third kappa shape index (κ3) is 6.65. The molecule has 36 heavy (non-hydrogen) atoms. The van der Waals surface area contributed by atoms with Crippen LogP contribution in [-0.2, 0) is 16.0 Å². The molecule has 2 aromatic rings. The van der Waals surface area contributed by atoms with Crippen LogP contribution in [0.2, 0.25) is 0 Å². The number of piperidine rings is 1. The number of benzene rings is 2. The highest BCUT2D eigenvalue weighted by Gasteiger charge is 2.28. The summed E-state index contributed by atoms with van der Waals surface area (Å²) in [6, 6.07) is 8.11. The number of carbonyl (C=O) groups is 3. The lowest BCUT2D eigenvalue weighted by Crippen LogP contribution is -2.53.